The van der Waals surface area contributed by atoms with Gasteiger partial charge in [0.1, 0.15) is 18.0 Å². The van der Waals surface area contributed by atoms with Crippen molar-refractivity contribution in [2.24, 2.45) is 5.73 Å². The van der Waals surface area contributed by atoms with Crippen molar-refractivity contribution in [1.29, 1.82) is 5.26 Å². The van der Waals surface area contributed by atoms with E-state index in [4.69, 9.17) is 34.3 Å². The third-order valence-electron chi connectivity index (χ3n) is 6.39. The Hall–Kier alpha value is -2.79. The number of carbonyl (C=O) groups is 1. The quantitative estimate of drug-likeness (QED) is 0.214. The summed E-state index contributed by atoms with van der Waals surface area (Å²) in [5, 5.41) is 11.6. The molecule has 0 bridgehead atoms. The van der Waals surface area contributed by atoms with Crippen LogP contribution >= 0.6 is 8.53 Å². The molecule has 2 heterocycles. The predicted octanol–water partition coefficient (Wildman–Crippen LogP) is 3.04. The molecule has 0 radical (unpaired) electrons. The molecule has 14 heteroatoms. The average molecular weight is 605 g/mol. The van der Waals surface area contributed by atoms with Gasteiger partial charge < -0.3 is 34.3 Å². The fraction of sp³-hybridized carbons (Fsp3) is 0.571. The minimum atomic E-state index is -1.52. The van der Waals surface area contributed by atoms with E-state index in [1.54, 1.807) is 37.4 Å². The molecule has 1 amide bonds. The molecule has 1 aliphatic rings. The third kappa shape index (κ3) is 9.10. The van der Waals surface area contributed by atoms with E-state index in [-0.39, 0.29) is 50.1 Å². The number of nitrogens with one attached hydrogen (secondary N) is 1. The highest BCUT2D eigenvalue weighted by Gasteiger charge is 2.45. The first-order valence-electron chi connectivity index (χ1n) is 13.9. The van der Waals surface area contributed by atoms with E-state index >= 15 is 0 Å². The highest BCUT2D eigenvalue weighted by Crippen LogP contribution is 2.46. The van der Waals surface area contributed by atoms with Crippen LogP contribution in [0.3, 0.4) is 0 Å². The van der Waals surface area contributed by atoms with Gasteiger partial charge in [-0.1, -0.05) is 18.2 Å². The molecule has 1 fully saturated rings. The van der Waals surface area contributed by atoms with Crippen molar-refractivity contribution in [3.05, 3.63) is 58.6 Å². The van der Waals surface area contributed by atoms with Crippen molar-refractivity contribution in [1.82, 2.24) is 14.2 Å². The van der Waals surface area contributed by atoms with Gasteiger partial charge in [0.15, 0.2) is 6.23 Å². The van der Waals surface area contributed by atoms with Crippen LogP contribution in [0.25, 0.3) is 0 Å². The van der Waals surface area contributed by atoms with Crippen LogP contribution in [0.1, 0.15) is 50.7 Å². The van der Waals surface area contributed by atoms with Gasteiger partial charge in [0.25, 0.3) is 14.4 Å². The number of ether oxygens (including phenoxy) is 3. The van der Waals surface area contributed by atoms with Crippen molar-refractivity contribution in [3.63, 3.8) is 0 Å². The number of hydrogen-bond acceptors (Lipinski definition) is 11. The van der Waals surface area contributed by atoms with E-state index in [2.05, 4.69) is 21.0 Å². The standard InChI is InChI=1S/C28H41N6O7P/c1-19(2)34(20(3)4)42(39-15-9-13-29)40-18-22-24(30)25(38-17-16-37-5)27(41-22)33-14-12-23(32-28(33)36)31-26(35)21-10-7-6-8-11-21/h6-8,10-12,14,19-20,22,24-25,27H,9,15-18,30H2,1-5H3,(H,31,32,35,36)/t22-,24-,25-,27-,42?/m1/s1. The van der Waals surface area contributed by atoms with Crippen LogP contribution in [0.15, 0.2) is 47.4 Å². The number of nitrogens with zero attached hydrogens (tertiary/aromatic N) is 4. The van der Waals surface area contributed by atoms with Gasteiger partial charge in [0.05, 0.1) is 45.0 Å². The Kier molecular flexibility index (Phi) is 13.4. The van der Waals surface area contributed by atoms with Gasteiger partial charge in [-0.15, -0.1) is 0 Å². The van der Waals surface area contributed by atoms with Crippen molar-refractivity contribution in [2.45, 2.75) is 70.7 Å². The number of carbonyl (C=O) groups excluding carboxylic acids is 1. The summed E-state index contributed by atoms with van der Waals surface area (Å²) in [6.07, 6.45) is -0.532. The van der Waals surface area contributed by atoms with Gasteiger partial charge in [-0.05, 0) is 45.9 Å². The maximum Gasteiger partial charge on any atom is 0.351 e. The van der Waals surface area contributed by atoms with Gasteiger partial charge in [-0.3, -0.25) is 9.36 Å². The molecule has 1 unspecified atom stereocenters. The summed E-state index contributed by atoms with van der Waals surface area (Å²) in [4.78, 5) is 29.7. The average Bonchev–Trinajstić information content (AvgIpc) is 3.26. The summed E-state index contributed by atoms with van der Waals surface area (Å²) >= 11 is 0. The Balaban J connectivity index is 1.78. The van der Waals surface area contributed by atoms with E-state index < -0.39 is 38.7 Å². The van der Waals surface area contributed by atoms with E-state index in [0.29, 0.717) is 12.2 Å². The molecule has 1 aromatic carbocycles. The van der Waals surface area contributed by atoms with E-state index in [9.17, 15) is 9.59 Å². The normalized spacial score (nSPS) is 21.1. The Bertz CT molecular complexity index is 1220. The highest BCUT2D eigenvalue weighted by atomic mass is 31.2. The first-order valence-corrected chi connectivity index (χ1v) is 15.0. The number of aromatic nitrogens is 2. The highest BCUT2D eigenvalue weighted by molar-refractivity contribution is 7.44. The Labute approximate surface area is 247 Å². The number of rotatable bonds is 16. The summed E-state index contributed by atoms with van der Waals surface area (Å²) in [6, 6.07) is 11.8. The molecule has 1 aliphatic heterocycles. The number of nitriles is 1. The molecule has 13 nitrogen and oxygen atoms in total. The minimum absolute atomic E-state index is 0.0728. The molecule has 5 atom stereocenters. The molecule has 42 heavy (non-hydrogen) atoms. The smallest absolute Gasteiger partial charge is 0.351 e. The van der Waals surface area contributed by atoms with Crippen LogP contribution in [0, 0.1) is 11.3 Å². The van der Waals surface area contributed by atoms with Crippen LogP contribution in [-0.4, -0.2) is 84.0 Å². The fourth-order valence-electron chi connectivity index (χ4n) is 4.49. The molecule has 1 saturated heterocycles. The van der Waals surface area contributed by atoms with Crippen molar-refractivity contribution in [2.75, 3.05) is 38.9 Å². The summed E-state index contributed by atoms with van der Waals surface area (Å²) in [7, 11) is 0.0389. The maximum absolute atomic E-state index is 13.1. The minimum Gasteiger partial charge on any atom is -0.382 e. The van der Waals surface area contributed by atoms with Crippen LogP contribution in [0.2, 0.25) is 0 Å². The van der Waals surface area contributed by atoms with E-state index in [0.717, 1.165) is 0 Å². The van der Waals surface area contributed by atoms with Crippen molar-refractivity contribution < 1.29 is 28.1 Å². The lowest BCUT2D eigenvalue weighted by molar-refractivity contribution is -0.0779. The molecule has 3 N–H and O–H groups in total. The Morgan fingerprint density at radius 1 is 1.17 bits per heavy atom. The van der Waals surface area contributed by atoms with E-state index in [1.165, 1.54) is 16.8 Å². The van der Waals surface area contributed by atoms with Crippen LogP contribution in [-0.2, 0) is 23.3 Å². The lowest BCUT2D eigenvalue weighted by Crippen LogP contribution is -2.44. The topological polar surface area (TPSA) is 163 Å². The largest absolute Gasteiger partial charge is 0.382 e. The molecule has 0 saturated carbocycles. The van der Waals surface area contributed by atoms with Gasteiger partial charge in [0.2, 0.25) is 0 Å². The summed E-state index contributed by atoms with van der Waals surface area (Å²) in [5.41, 5.74) is 6.39. The molecule has 1 aromatic heterocycles. The number of hydrogen-bond donors (Lipinski definition) is 2. The van der Waals surface area contributed by atoms with Gasteiger partial charge in [-0.2, -0.15) is 10.2 Å². The Morgan fingerprint density at radius 2 is 1.88 bits per heavy atom. The second kappa shape index (κ2) is 16.7. The molecule has 2 aromatic rings. The third-order valence-corrected chi connectivity index (χ3v) is 8.47. The number of benzene rings is 1. The summed E-state index contributed by atoms with van der Waals surface area (Å²) in [5.74, 6) is -0.283. The lowest BCUT2D eigenvalue weighted by Gasteiger charge is -2.36. The second-order valence-electron chi connectivity index (χ2n) is 10.1. The first-order chi connectivity index (χ1) is 20.2. The maximum atomic E-state index is 13.1. The zero-order valence-corrected chi connectivity index (χ0v) is 25.6. The van der Waals surface area contributed by atoms with Gasteiger partial charge in [0, 0.05) is 31.0 Å². The zero-order valence-electron chi connectivity index (χ0n) is 24.7. The zero-order chi connectivity index (χ0) is 30.6. The number of nitrogens with two attached hydrogens (primary N) is 1. The molecule has 0 spiro atoms. The lowest BCUT2D eigenvalue weighted by atomic mass is 10.1. The summed E-state index contributed by atoms with van der Waals surface area (Å²) < 4.78 is 33.0. The second-order valence-corrected chi connectivity index (χ2v) is 11.6. The fourth-order valence-corrected chi connectivity index (χ4v) is 6.11. The SMILES string of the molecule is COCCO[C@@H]1[C@H](N)[C@@H](COP(OCCC#N)N(C(C)C)C(C)C)O[C@H]1n1ccc(NC(=O)c2ccccc2)nc1=O. The molecule has 3 rings (SSSR count). The molecular formula is C28H41N6O7P. The summed E-state index contributed by atoms with van der Waals surface area (Å²) in [6.45, 7) is 9.05. The van der Waals surface area contributed by atoms with Gasteiger partial charge >= 0.3 is 5.69 Å². The molecular weight excluding hydrogens is 563 g/mol. The van der Waals surface area contributed by atoms with E-state index in [1.807, 2.05) is 27.7 Å². The predicted molar refractivity (Wildman–Crippen MR) is 158 cm³/mol. The first kappa shape index (κ1) is 33.7. The number of methoxy groups -OCH3 is 1. The van der Waals surface area contributed by atoms with Crippen molar-refractivity contribution >= 4 is 20.3 Å². The van der Waals surface area contributed by atoms with Crippen molar-refractivity contribution in [3.8, 4) is 6.07 Å². The number of amides is 1. The monoisotopic (exact) mass is 604 g/mol. The van der Waals surface area contributed by atoms with Crippen LogP contribution in [0.5, 0.6) is 0 Å². The van der Waals surface area contributed by atoms with Gasteiger partial charge in [-0.25, -0.2) is 9.46 Å². The molecule has 0 aliphatic carbocycles. The molecule has 230 valence electrons. The van der Waals surface area contributed by atoms with Crippen LogP contribution < -0.4 is 16.7 Å². The Morgan fingerprint density at radius 3 is 2.50 bits per heavy atom. The number of anilines is 1. The van der Waals surface area contributed by atoms with Crippen LogP contribution in [0.4, 0.5) is 5.82 Å².